The molecule has 0 radical (unpaired) electrons. The lowest BCUT2D eigenvalue weighted by atomic mass is 9.98. The Labute approximate surface area is 117 Å². The average Bonchev–Trinajstić information content (AvgIpc) is 2.52. The van der Waals surface area contributed by atoms with Gasteiger partial charge >= 0.3 is 0 Å². The third-order valence-corrected chi connectivity index (χ3v) is 2.89. The van der Waals surface area contributed by atoms with Crippen molar-refractivity contribution in [1.29, 1.82) is 0 Å². The fourth-order valence-electron chi connectivity index (χ4n) is 2.03. The number of aldehydes is 1. The zero-order valence-corrected chi connectivity index (χ0v) is 11.5. The lowest BCUT2D eigenvalue weighted by Gasteiger charge is -2.15. The Hall–Kier alpha value is -2.33. The molecule has 0 heterocycles. The highest BCUT2D eigenvalue weighted by Crippen LogP contribution is 2.38. The van der Waals surface area contributed by atoms with E-state index in [-0.39, 0.29) is 6.79 Å². The van der Waals surface area contributed by atoms with Gasteiger partial charge in [0.05, 0.1) is 7.11 Å². The number of rotatable bonds is 6. The zero-order valence-electron chi connectivity index (χ0n) is 11.5. The van der Waals surface area contributed by atoms with Crippen molar-refractivity contribution < 1.29 is 19.0 Å². The minimum absolute atomic E-state index is 0.141. The van der Waals surface area contributed by atoms with E-state index >= 15 is 0 Å². The van der Waals surface area contributed by atoms with E-state index in [2.05, 4.69) is 0 Å². The van der Waals surface area contributed by atoms with Crippen LogP contribution in [0.25, 0.3) is 11.1 Å². The number of ether oxygens (including phenoxy) is 3. The summed E-state index contributed by atoms with van der Waals surface area (Å²) in [5.41, 5.74) is 2.07. The predicted octanol–water partition coefficient (Wildman–Crippen LogP) is 3.16. The third-order valence-electron chi connectivity index (χ3n) is 2.89. The Morgan fingerprint density at radius 2 is 1.75 bits per heavy atom. The van der Waals surface area contributed by atoms with Crippen LogP contribution in [0.5, 0.6) is 11.5 Å². The quantitative estimate of drug-likeness (QED) is 0.598. The van der Waals surface area contributed by atoms with E-state index in [1.807, 2.05) is 30.3 Å². The maximum absolute atomic E-state index is 11.3. The van der Waals surface area contributed by atoms with Crippen LogP contribution >= 0.6 is 0 Å². The van der Waals surface area contributed by atoms with Gasteiger partial charge in [-0.2, -0.15) is 0 Å². The van der Waals surface area contributed by atoms with Crippen molar-refractivity contribution in [2.45, 2.75) is 0 Å². The van der Waals surface area contributed by atoms with Crippen molar-refractivity contribution in [3.05, 3.63) is 48.0 Å². The molecule has 0 aliphatic carbocycles. The first-order valence-corrected chi connectivity index (χ1v) is 6.15. The van der Waals surface area contributed by atoms with E-state index in [1.165, 1.54) is 0 Å². The first-order valence-electron chi connectivity index (χ1n) is 6.15. The van der Waals surface area contributed by atoms with Gasteiger partial charge in [-0.05, 0) is 12.1 Å². The second-order valence-electron chi connectivity index (χ2n) is 4.09. The van der Waals surface area contributed by atoms with E-state index in [0.29, 0.717) is 17.1 Å². The Morgan fingerprint density at radius 1 is 1.00 bits per heavy atom. The molecule has 0 aliphatic rings. The Balaban J connectivity index is 2.58. The van der Waals surface area contributed by atoms with Gasteiger partial charge in [0.25, 0.3) is 0 Å². The molecule has 4 heteroatoms. The summed E-state index contributed by atoms with van der Waals surface area (Å²) in [4.78, 5) is 11.3. The molecule has 0 aromatic heterocycles. The SMILES string of the molecule is COCOc1ccccc1-c1c(C=O)cccc1OC. The Kier molecular flexibility index (Phi) is 4.74. The van der Waals surface area contributed by atoms with Crippen LogP contribution in [-0.4, -0.2) is 27.3 Å². The van der Waals surface area contributed by atoms with Crippen molar-refractivity contribution in [2.75, 3.05) is 21.0 Å². The first kappa shape index (κ1) is 14.1. The molecule has 0 spiro atoms. The van der Waals surface area contributed by atoms with Gasteiger partial charge in [-0.3, -0.25) is 4.79 Å². The van der Waals surface area contributed by atoms with Crippen molar-refractivity contribution >= 4 is 6.29 Å². The number of methoxy groups -OCH3 is 2. The van der Waals surface area contributed by atoms with Gasteiger partial charge in [0.1, 0.15) is 11.5 Å². The van der Waals surface area contributed by atoms with Gasteiger partial charge in [-0.25, -0.2) is 0 Å². The maximum Gasteiger partial charge on any atom is 0.188 e. The third kappa shape index (κ3) is 2.81. The second-order valence-corrected chi connectivity index (χ2v) is 4.09. The molecule has 0 aliphatic heterocycles. The molecule has 0 unspecified atom stereocenters. The molecule has 0 N–H and O–H groups in total. The normalized spacial score (nSPS) is 10.1. The summed E-state index contributed by atoms with van der Waals surface area (Å²) >= 11 is 0. The fraction of sp³-hybridized carbons (Fsp3) is 0.188. The molecule has 0 amide bonds. The van der Waals surface area contributed by atoms with Crippen LogP contribution in [0, 0.1) is 0 Å². The van der Waals surface area contributed by atoms with Crippen LogP contribution < -0.4 is 9.47 Å². The lowest BCUT2D eigenvalue weighted by Crippen LogP contribution is -2.01. The highest BCUT2D eigenvalue weighted by molar-refractivity contribution is 5.92. The molecule has 0 fully saturated rings. The molecule has 2 aromatic rings. The van der Waals surface area contributed by atoms with Crippen LogP contribution in [0.15, 0.2) is 42.5 Å². The van der Waals surface area contributed by atoms with Gasteiger partial charge in [0, 0.05) is 23.8 Å². The summed E-state index contributed by atoms with van der Waals surface area (Å²) in [6, 6.07) is 12.8. The minimum atomic E-state index is 0.141. The summed E-state index contributed by atoms with van der Waals surface area (Å²) in [5.74, 6) is 1.27. The van der Waals surface area contributed by atoms with Crippen LogP contribution in [0.2, 0.25) is 0 Å². The van der Waals surface area contributed by atoms with E-state index in [0.717, 1.165) is 17.4 Å². The van der Waals surface area contributed by atoms with Crippen LogP contribution in [0.1, 0.15) is 10.4 Å². The molecule has 2 aromatic carbocycles. The first-order chi connectivity index (χ1) is 9.81. The summed E-state index contributed by atoms with van der Waals surface area (Å²) in [7, 11) is 3.13. The smallest absolute Gasteiger partial charge is 0.188 e. The van der Waals surface area contributed by atoms with Crippen LogP contribution in [-0.2, 0) is 4.74 Å². The minimum Gasteiger partial charge on any atom is -0.496 e. The maximum atomic E-state index is 11.3. The van der Waals surface area contributed by atoms with E-state index < -0.39 is 0 Å². The van der Waals surface area contributed by atoms with Crippen LogP contribution in [0.3, 0.4) is 0 Å². The van der Waals surface area contributed by atoms with Crippen molar-refractivity contribution in [3.63, 3.8) is 0 Å². The Bertz CT molecular complexity index is 593. The number of para-hydroxylation sites is 1. The van der Waals surface area contributed by atoms with Gasteiger partial charge in [-0.1, -0.05) is 30.3 Å². The standard InChI is InChI=1S/C16H16O4/c1-18-11-20-14-8-4-3-7-13(14)16-12(10-17)6-5-9-15(16)19-2/h3-10H,11H2,1-2H3. The number of benzene rings is 2. The average molecular weight is 272 g/mol. The molecule has 4 nitrogen and oxygen atoms in total. The van der Waals surface area contributed by atoms with Crippen LogP contribution in [0.4, 0.5) is 0 Å². The molecule has 2 rings (SSSR count). The molecule has 104 valence electrons. The van der Waals surface area contributed by atoms with Gasteiger partial charge in [-0.15, -0.1) is 0 Å². The summed E-state index contributed by atoms with van der Waals surface area (Å²) < 4.78 is 15.8. The second kappa shape index (κ2) is 6.73. The van der Waals surface area contributed by atoms with Crippen molar-refractivity contribution in [1.82, 2.24) is 0 Å². The van der Waals surface area contributed by atoms with E-state index in [9.17, 15) is 4.79 Å². The molecule has 0 bridgehead atoms. The summed E-state index contributed by atoms with van der Waals surface area (Å²) in [6.45, 7) is 0.141. The summed E-state index contributed by atoms with van der Waals surface area (Å²) in [5, 5.41) is 0. The molecule has 20 heavy (non-hydrogen) atoms. The summed E-state index contributed by atoms with van der Waals surface area (Å²) in [6.07, 6.45) is 0.810. The topological polar surface area (TPSA) is 44.8 Å². The fourth-order valence-corrected chi connectivity index (χ4v) is 2.03. The Morgan fingerprint density at radius 3 is 2.45 bits per heavy atom. The lowest BCUT2D eigenvalue weighted by molar-refractivity contribution is 0.0515. The highest BCUT2D eigenvalue weighted by atomic mass is 16.7. The van der Waals surface area contributed by atoms with Crippen molar-refractivity contribution in [2.24, 2.45) is 0 Å². The van der Waals surface area contributed by atoms with E-state index in [4.69, 9.17) is 14.2 Å². The highest BCUT2D eigenvalue weighted by Gasteiger charge is 2.15. The molecular weight excluding hydrogens is 256 g/mol. The zero-order chi connectivity index (χ0) is 14.4. The van der Waals surface area contributed by atoms with Crippen molar-refractivity contribution in [3.8, 4) is 22.6 Å². The molecular formula is C16H16O4. The predicted molar refractivity (Wildman–Crippen MR) is 76.3 cm³/mol. The van der Waals surface area contributed by atoms with Gasteiger partial charge in [0.2, 0.25) is 0 Å². The largest absolute Gasteiger partial charge is 0.496 e. The number of carbonyl (C=O) groups is 1. The number of hydrogen-bond acceptors (Lipinski definition) is 4. The molecule has 0 saturated carbocycles. The molecule has 0 saturated heterocycles. The van der Waals surface area contributed by atoms with Gasteiger partial charge < -0.3 is 14.2 Å². The molecule has 0 atom stereocenters. The number of hydrogen-bond donors (Lipinski definition) is 0. The number of carbonyl (C=O) groups excluding carboxylic acids is 1. The monoisotopic (exact) mass is 272 g/mol. The van der Waals surface area contributed by atoms with Gasteiger partial charge in [0.15, 0.2) is 13.1 Å². The van der Waals surface area contributed by atoms with E-state index in [1.54, 1.807) is 26.4 Å².